The normalized spacial score (nSPS) is 16.8. The average molecular weight is 401 g/mol. The molecular formula is C22H28N2O3S. The third-order valence-electron chi connectivity index (χ3n) is 5.39. The summed E-state index contributed by atoms with van der Waals surface area (Å²) < 4.78 is 27.5. The molecule has 150 valence electrons. The molecule has 1 aliphatic rings. The van der Waals surface area contributed by atoms with Crippen LogP contribution >= 0.6 is 0 Å². The molecule has 0 unspecified atom stereocenters. The van der Waals surface area contributed by atoms with Crippen LogP contribution in [-0.4, -0.2) is 49.7 Å². The van der Waals surface area contributed by atoms with E-state index in [1.807, 2.05) is 63.2 Å². The van der Waals surface area contributed by atoms with E-state index < -0.39 is 10.0 Å². The Hall–Kier alpha value is -2.18. The van der Waals surface area contributed by atoms with Gasteiger partial charge in [-0.15, -0.1) is 0 Å². The van der Waals surface area contributed by atoms with Gasteiger partial charge in [0, 0.05) is 32.6 Å². The molecule has 0 saturated carbocycles. The van der Waals surface area contributed by atoms with E-state index in [0.717, 1.165) is 16.7 Å². The molecule has 6 heteroatoms. The van der Waals surface area contributed by atoms with Gasteiger partial charge in [-0.05, 0) is 37.0 Å². The summed E-state index contributed by atoms with van der Waals surface area (Å²) in [5.74, 6) is 0.227. The lowest BCUT2D eigenvalue weighted by Crippen LogP contribution is -2.50. The van der Waals surface area contributed by atoms with Crippen molar-refractivity contribution in [2.24, 2.45) is 0 Å². The highest BCUT2D eigenvalue weighted by atomic mass is 32.2. The number of hydrogen-bond acceptors (Lipinski definition) is 3. The molecule has 1 amide bonds. The predicted octanol–water partition coefficient (Wildman–Crippen LogP) is 3.33. The van der Waals surface area contributed by atoms with Crippen molar-refractivity contribution in [1.29, 1.82) is 0 Å². The first-order chi connectivity index (χ1) is 13.3. The lowest BCUT2D eigenvalue weighted by Gasteiger charge is -2.34. The molecule has 1 fully saturated rings. The third kappa shape index (κ3) is 4.45. The van der Waals surface area contributed by atoms with Crippen molar-refractivity contribution in [2.45, 2.75) is 38.0 Å². The minimum atomic E-state index is -3.53. The van der Waals surface area contributed by atoms with Gasteiger partial charge in [0.15, 0.2) is 0 Å². The highest BCUT2D eigenvalue weighted by molar-refractivity contribution is 7.89. The topological polar surface area (TPSA) is 57.7 Å². The van der Waals surface area contributed by atoms with Crippen molar-refractivity contribution in [3.05, 3.63) is 65.2 Å². The quantitative estimate of drug-likeness (QED) is 0.774. The molecule has 1 atom stereocenters. The summed E-state index contributed by atoms with van der Waals surface area (Å²) >= 11 is 0. The van der Waals surface area contributed by atoms with Crippen LogP contribution in [0.15, 0.2) is 53.4 Å². The van der Waals surface area contributed by atoms with E-state index in [1.54, 1.807) is 11.0 Å². The Morgan fingerprint density at radius 2 is 1.64 bits per heavy atom. The number of sulfonamides is 1. The lowest BCUT2D eigenvalue weighted by atomic mass is 9.97. The molecule has 1 heterocycles. The SMILES string of the molecule is Cc1ccc(S(=O)(=O)N2CCN(C(=O)C[C@H](C)c3ccccc3)CC2)c(C)c1. The summed E-state index contributed by atoms with van der Waals surface area (Å²) in [6, 6.07) is 15.4. The number of amides is 1. The van der Waals surface area contributed by atoms with Crippen LogP contribution in [0.25, 0.3) is 0 Å². The lowest BCUT2D eigenvalue weighted by molar-refractivity contribution is -0.132. The van der Waals surface area contributed by atoms with Gasteiger partial charge in [-0.2, -0.15) is 4.31 Å². The number of aryl methyl sites for hydroxylation is 2. The summed E-state index contributed by atoms with van der Waals surface area (Å²) in [6.07, 6.45) is 0.438. The Bertz CT molecular complexity index is 934. The number of carbonyl (C=O) groups is 1. The maximum absolute atomic E-state index is 13.0. The van der Waals surface area contributed by atoms with Gasteiger partial charge in [-0.25, -0.2) is 8.42 Å². The molecular weight excluding hydrogens is 372 g/mol. The molecule has 0 spiro atoms. The van der Waals surface area contributed by atoms with Gasteiger partial charge in [-0.3, -0.25) is 4.79 Å². The van der Waals surface area contributed by atoms with E-state index in [9.17, 15) is 13.2 Å². The fraction of sp³-hybridized carbons (Fsp3) is 0.409. The molecule has 28 heavy (non-hydrogen) atoms. The molecule has 5 nitrogen and oxygen atoms in total. The van der Waals surface area contributed by atoms with Gasteiger partial charge >= 0.3 is 0 Å². The first kappa shape index (κ1) is 20.6. The van der Waals surface area contributed by atoms with E-state index >= 15 is 0 Å². The van der Waals surface area contributed by atoms with Gasteiger partial charge in [0.25, 0.3) is 0 Å². The molecule has 2 aromatic carbocycles. The number of benzene rings is 2. The number of carbonyl (C=O) groups excluding carboxylic acids is 1. The second kappa shape index (κ2) is 8.45. The highest BCUT2D eigenvalue weighted by Gasteiger charge is 2.31. The van der Waals surface area contributed by atoms with E-state index in [1.165, 1.54) is 4.31 Å². The number of nitrogens with zero attached hydrogens (tertiary/aromatic N) is 2. The fourth-order valence-electron chi connectivity index (χ4n) is 3.70. The van der Waals surface area contributed by atoms with Gasteiger partial charge in [0.1, 0.15) is 0 Å². The van der Waals surface area contributed by atoms with Crippen molar-refractivity contribution in [1.82, 2.24) is 9.21 Å². The van der Waals surface area contributed by atoms with Crippen LogP contribution in [0.1, 0.15) is 36.0 Å². The second-order valence-electron chi connectivity index (χ2n) is 7.57. The first-order valence-corrected chi connectivity index (χ1v) is 11.1. The van der Waals surface area contributed by atoms with Crippen LogP contribution in [0.4, 0.5) is 0 Å². The molecule has 0 bridgehead atoms. The molecule has 0 aliphatic carbocycles. The Morgan fingerprint density at radius 1 is 1.00 bits per heavy atom. The summed E-state index contributed by atoms with van der Waals surface area (Å²) in [5, 5.41) is 0. The fourth-order valence-corrected chi connectivity index (χ4v) is 5.32. The van der Waals surface area contributed by atoms with Gasteiger partial charge in [0.2, 0.25) is 15.9 Å². The van der Waals surface area contributed by atoms with Gasteiger partial charge in [0.05, 0.1) is 4.90 Å². The van der Waals surface area contributed by atoms with Crippen molar-refractivity contribution in [3.8, 4) is 0 Å². The van der Waals surface area contributed by atoms with Crippen molar-refractivity contribution >= 4 is 15.9 Å². The number of rotatable bonds is 5. The molecule has 3 rings (SSSR count). The van der Waals surface area contributed by atoms with Crippen molar-refractivity contribution < 1.29 is 13.2 Å². The van der Waals surface area contributed by atoms with E-state index in [4.69, 9.17) is 0 Å². The number of hydrogen-bond donors (Lipinski definition) is 0. The van der Waals surface area contributed by atoms with Gasteiger partial charge in [-0.1, -0.05) is 55.0 Å². The molecule has 1 aliphatic heterocycles. The molecule has 1 saturated heterocycles. The van der Waals surface area contributed by atoms with Crippen LogP contribution in [-0.2, 0) is 14.8 Å². The second-order valence-corrected chi connectivity index (χ2v) is 9.48. The molecule has 0 N–H and O–H groups in total. The summed E-state index contributed by atoms with van der Waals surface area (Å²) in [7, 11) is -3.53. The highest BCUT2D eigenvalue weighted by Crippen LogP contribution is 2.24. The third-order valence-corrected chi connectivity index (χ3v) is 7.45. The van der Waals surface area contributed by atoms with Crippen LogP contribution in [0, 0.1) is 13.8 Å². The minimum absolute atomic E-state index is 0.0833. The van der Waals surface area contributed by atoms with Gasteiger partial charge < -0.3 is 4.90 Å². The van der Waals surface area contributed by atoms with Crippen molar-refractivity contribution in [2.75, 3.05) is 26.2 Å². The summed E-state index contributed by atoms with van der Waals surface area (Å²) in [5.41, 5.74) is 2.95. The Morgan fingerprint density at radius 3 is 2.25 bits per heavy atom. The number of piperazine rings is 1. The smallest absolute Gasteiger partial charge is 0.243 e. The summed E-state index contributed by atoms with van der Waals surface area (Å²) in [4.78, 5) is 14.8. The molecule has 0 aromatic heterocycles. The first-order valence-electron chi connectivity index (χ1n) is 9.69. The average Bonchev–Trinajstić information content (AvgIpc) is 2.68. The van der Waals surface area contributed by atoms with Crippen LogP contribution in [0.3, 0.4) is 0 Å². The van der Waals surface area contributed by atoms with E-state index in [-0.39, 0.29) is 11.8 Å². The Balaban J connectivity index is 1.61. The van der Waals surface area contributed by atoms with Crippen LogP contribution in [0.5, 0.6) is 0 Å². The molecule has 2 aromatic rings. The monoisotopic (exact) mass is 400 g/mol. The van der Waals surface area contributed by atoms with Crippen LogP contribution in [0.2, 0.25) is 0 Å². The maximum Gasteiger partial charge on any atom is 0.243 e. The summed E-state index contributed by atoms with van der Waals surface area (Å²) in [6.45, 7) is 7.36. The minimum Gasteiger partial charge on any atom is -0.340 e. The standard InChI is InChI=1S/C22H28N2O3S/c1-17-9-10-21(19(3)15-17)28(26,27)24-13-11-23(12-14-24)22(25)16-18(2)20-7-5-4-6-8-20/h4-10,15,18H,11-14,16H2,1-3H3/t18-/m0/s1. The maximum atomic E-state index is 13.0. The zero-order valence-corrected chi connectivity index (χ0v) is 17.6. The Labute approximate surface area is 168 Å². The van der Waals surface area contributed by atoms with E-state index in [0.29, 0.717) is 37.5 Å². The zero-order valence-electron chi connectivity index (χ0n) is 16.8. The van der Waals surface area contributed by atoms with Crippen LogP contribution < -0.4 is 0 Å². The zero-order chi connectivity index (χ0) is 20.3. The predicted molar refractivity (Wildman–Crippen MR) is 111 cm³/mol. The molecule has 0 radical (unpaired) electrons. The van der Waals surface area contributed by atoms with E-state index in [2.05, 4.69) is 0 Å². The van der Waals surface area contributed by atoms with Crippen molar-refractivity contribution in [3.63, 3.8) is 0 Å². The largest absolute Gasteiger partial charge is 0.340 e. The Kier molecular flexibility index (Phi) is 6.20.